The molecular formula is C63H59BO. The van der Waals surface area contributed by atoms with Crippen molar-refractivity contribution in [2.24, 2.45) is 0 Å². The molecular weight excluding hydrogens is 784 g/mol. The fraction of sp³-hybridized carbons (Fsp3) is 0.143. The lowest BCUT2D eigenvalue weighted by atomic mass is 9.39. The van der Waals surface area contributed by atoms with Gasteiger partial charge in [-0.15, -0.1) is 0 Å². The van der Waals surface area contributed by atoms with Gasteiger partial charge in [-0.1, -0.05) is 255 Å². The highest BCUT2D eigenvalue weighted by Gasteiger charge is 2.36. The van der Waals surface area contributed by atoms with Crippen molar-refractivity contribution in [3.63, 3.8) is 0 Å². The Labute approximate surface area is 388 Å². The average Bonchev–Trinajstić information content (AvgIpc) is 3.95. The van der Waals surface area contributed by atoms with E-state index in [-0.39, 0.29) is 12.1 Å². The fourth-order valence-electron chi connectivity index (χ4n) is 9.58. The van der Waals surface area contributed by atoms with Crippen LogP contribution in [0.25, 0.3) is 67.6 Å². The van der Waals surface area contributed by atoms with E-state index >= 15 is 0 Å². The number of benzene rings is 8. The summed E-state index contributed by atoms with van der Waals surface area (Å²) >= 11 is 0. The molecule has 0 amide bonds. The molecule has 9 aromatic rings. The van der Waals surface area contributed by atoms with Crippen LogP contribution in [0.1, 0.15) is 73.8 Å². The van der Waals surface area contributed by atoms with Gasteiger partial charge in [-0.3, -0.25) is 0 Å². The van der Waals surface area contributed by atoms with Crippen LogP contribution in [-0.4, -0.2) is 6.71 Å². The number of hydrogen-bond donors (Lipinski definition) is 0. The predicted molar refractivity (Wildman–Crippen MR) is 284 cm³/mol. The monoisotopic (exact) mass is 842 g/mol. The van der Waals surface area contributed by atoms with Crippen molar-refractivity contribution in [1.82, 2.24) is 0 Å². The summed E-state index contributed by atoms with van der Waals surface area (Å²) in [6.07, 6.45) is 6.01. The largest absolute Gasteiger partial charge is 0.456 e. The van der Waals surface area contributed by atoms with Gasteiger partial charge in [0, 0.05) is 16.4 Å². The van der Waals surface area contributed by atoms with Crippen molar-refractivity contribution in [3.05, 3.63) is 234 Å². The summed E-state index contributed by atoms with van der Waals surface area (Å²) in [5.74, 6) is 0.824. The zero-order chi connectivity index (χ0) is 45.7. The van der Waals surface area contributed by atoms with E-state index in [1.165, 1.54) is 94.1 Å². The van der Waals surface area contributed by atoms with Crippen LogP contribution in [0.5, 0.6) is 0 Å². The summed E-state index contributed by atoms with van der Waals surface area (Å²) in [5, 5.41) is 1.18. The Bertz CT molecular complexity index is 3110. The highest BCUT2D eigenvalue weighted by molar-refractivity contribution is 6.99. The van der Waals surface area contributed by atoms with Gasteiger partial charge in [0.15, 0.2) is 0 Å². The number of rotatable bonds is 5. The second-order valence-electron chi connectivity index (χ2n) is 17.4. The van der Waals surface area contributed by atoms with E-state index in [9.17, 15) is 0 Å². The quantitative estimate of drug-likeness (QED) is 0.157. The lowest BCUT2D eigenvalue weighted by molar-refractivity contribution is 0.603. The van der Waals surface area contributed by atoms with Crippen molar-refractivity contribution in [3.8, 4) is 44.5 Å². The summed E-state index contributed by atoms with van der Waals surface area (Å²) < 4.78 is 6.19. The molecule has 2 heteroatoms. The molecule has 8 aromatic carbocycles. The molecule has 1 nitrogen and oxygen atoms in total. The van der Waals surface area contributed by atoms with Gasteiger partial charge in [0.25, 0.3) is 0 Å². The van der Waals surface area contributed by atoms with Crippen molar-refractivity contribution in [2.75, 3.05) is 0 Å². The van der Waals surface area contributed by atoms with E-state index in [4.69, 9.17) is 4.42 Å². The Hall–Kier alpha value is -7.16. The van der Waals surface area contributed by atoms with E-state index in [1.54, 1.807) is 0 Å². The summed E-state index contributed by atoms with van der Waals surface area (Å²) in [4.78, 5) is 0. The Morgan fingerprint density at radius 2 is 1.03 bits per heavy atom. The summed E-state index contributed by atoms with van der Waals surface area (Å²) in [7, 11) is 0. The minimum absolute atomic E-state index is 0.151. The lowest BCUT2D eigenvalue weighted by Crippen LogP contribution is -2.48. The van der Waals surface area contributed by atoms with Gasteiger partial charge in [0.05, 0.1) is 0 Å². The molecule has 2 aliphatic rings. The van der Waals surface area contributed by atoms with Crippen molar-refractivity contribution >= 4 is 46.2 Å². The molecule has 1 aliphatic carbocycles. The van der Waals surface area contributed by atoms with Crippen molar-refractivity contribution in [2.45, 2.75) is 60.8 Å². The van der Waals surface area contributed by atoms with Gasteiger partial charge >= 0.3 is 0 Å². The first kappa shape index (κ1) is 44.5. The minimum atomic E-state index is 0.151. The number of furan rings is 1. The third-order valence-electron chi connectivity index (χ3n) is 12.9. The average molecular weight is 843 g/mol. The Morgan fingerprint density at radius 3 is 1.65 bits per heavy atom. The molecule has 0 radical (unpaired) electrons. The van der Waals surface area contributed by atoms with Crippen molar-refractivity contribution in [1.29, 1.82) is 0 Å². The van der Waals surface area contributed by atoms with E-state index in [0.717, 1.165) is 16.9 Å². The lowest BCUT2D eigenvalue weighted by Gasteiger charge is -2.21. The van der Waals surface area contributed by atoms with E-state index in [1.807, 2.05) is 32.9 Å². The highest BCUT2D eigenvalue weighted by atomic mass is 16.3. The van der Waals surface area contributed by atoms with Gasteiger partial charge in [-0.2, -0.15) is 0 Å². The number of fused-ring (bicyclic) bond motifs is 8. The minimum Gasteiger partial charge on any atom is -0.456 e. The molecule has 0 atom stereocenters. The van der Waals surface area contributed by atoms with Crippen LogP contribution in [0.2, 0.25) is 0 Å². The first-order chi connectivity index (χ1) is 31.7. The normalized spacial score (nSPS) is 12.4. The zero-order valence-electron chi connectivity index (χ0n) is 39.2. The van der Waals surface area contributed by atoms with Gasteiger partial charge in [0.2, 0.25) is 6.71 Å². The molecule has 0 unspecified atom stereocenters. The van der Waals surface area contributed by atoms with E-state index in [2.05, 4.69) is 229 Å². The van der Waals surface area contributed by atoms with Gasteiger partial charge in [-0.25, -0.2) is 0 Å². The molecule has 320 valence electrons. The maximum atomic E-state index is 6.19. The molecule has 0 spiro atoms. The molecule has 0 bridgehead atoms. The fourth-order valence-corrected chi connectivity index (χ4v) is 9.58. The summed E-state index contributed by atoms with van der Waals surface area (Å²) in [6, 6.07) is 65.5. The topological polar surface area (TPSA) is 13.1 Å². The van der Waals surface area contributed by atoms with Crippen LogP contribution < -0.4 is 16.4 Å². The maximum absolute atomic E-state index is 6.19. The van der Waals surface area contributed by atoms with Gasteiger partial charge in [-0.05, 0) is 95.5 Å². The van der Waals surface area contributed by atoms with Crippen LogP contribution >= 0.6 is 0 Å². The number of aryl methyl sites for hydroxylation is 3. The third kappa shape index (κ3) is 8.74. The second kappa shape index (κ2) is 19.3. The Balaban J connectivity index is 0.000000153. The molecule has 0 fully saturated rings. The highest BCUT2D eigenvalue weighted by Crippen LogP contribution is 2.48. The van der Waals surface area contributed by atoms with Crippen LogP contribution in [0.3, 0.4) is 0 Å². The summed E-state index contributed by atoms with van der Waals surface area (Å²) in [5.41, 5.74) is 23.4. The van der Waals surface area contributed by atoms with Gasteiger partial charge < -0.3 is 4.42 Å². The van der Waals surface area contributed by atoms with Crippen molar-refractivity contribution < 1.29 is 4.42 Å². The first-order valence-corrected chi connectivity index (χ1v) is 23.1. The Morgan fingerprint density at radius 1 is 0.508 bits per heavy atom. The van der Waals surface area contributed by atoms with Crippen LogP contribution in [0.4, 0.5) is 0 Å². The molecule has 0 saturated heterocycles. The molecule has 65 heavy (non-hydrogen) atoms. The predicted octanol–water partition coefficient (Wildman–Crippen LogP) is 15.6. The first-order valence-electron chi connectivity index (χ1n) is 23.1. The summed E-state index contributed by atoms with van der Waals surface area (Å²) in [6.45, 7) is 21.2. The molecule has 0 N–H and O–H groups in total. The Kier molecular flexibility index (Phi) is 13.2. The SMILES string of the molecule is C=Cc1oc2ccc3c(c2c1/C=C\C)-c1ccccc1B3c1ccc(-c2ccc(C)cc2)cc1.CC.Cc1ccc(-c2ccccc2)cc1.Cc1ccc2c(c1)C(C)(C)c1ccccc1-2. The number of allylic oxidation sites excluding steroid dienone is 1. The molecule has 2 heterocycles. The molecule has 0 saturated carbocycles. The van der Waals surface area contributed by atoms with Crippen LogP contribution in [-0.2, 0) is 5.41 Å². The van der Waals surface area contributed by atoms with E-state index in [0.29, 0.717) is 0 Å². The third-order valence-corrected chi connectivity index (χ3v) is 12.9. The van der Waals surface area contributed by atoms with Crippen LogP contribution in [0, 0.1) is 20.8 Å². The smallest absolute Gasteiger partial charge is 0.242 e. The molecule has 1 aliphatic heterocycles. The van der Waals surface area contributed by atoms with Gasteiger partial charge in [0.1, 0.15) is 11.3 Å². The number of hydrogen-bond acceptors (Lipinski definition) is 1. The maximum Gasteiger partial charge on any atom is 0.242 e. The molecule has 1 aromatic heterocycles. The second-order valence-corrected chi connectivity index (χ2v) is 17.4. The zero-order valence-corrected chi connectivity index (χ0v) is 39.2. The molecule has 11 rings (SSSR count). The van der Waals surface area contributed by atoms with E-state index < -0.39 is 0 Å². The van der Waals surface area contributed by atoms with Crippen LogP contribution in [0.15, 0.2) is 199 Å². The standard InChI is InChI=1S/C32H25BO.C16H16.C13H12.C2H6/c1-4-8-26-29(5-2)34-30-20-19-28-31(32(26)30)25-9-6-7-10-27(25)33(28)24-17-15-23(16-18-24)22-13-11-21(3)12-14-22;1-11-8-9-13-12-6-4-5-7-14(12)16(2,3)15(13)10-11;1-11-7-9-13(10-8-11)12-5-3-2-4-6-12;1-2/h4-20H,2H2,1,3H3;4-10H,1-3H3;2-10H,1H3;1-2H3/b8-4-;;;.